The van der Waals surface area contributed by atoms with Gasteiger partial charge in [-0.15, -0.1) is 0 Å². The summed E-state index contributed by atoms with van der Waals surface area (Å²) in [5.74, 6) is 0.279. The van der Waals surface area contributed by atoms with Crippen molar-refractivity contribution < 1.29 is 4.79 Å². The predicted molar refractivity (Wildman–Crippen MR) is 81.0 cm³/mol. The van der Waals surface area contributed by atoms with E-state index in [1.165, 1.54) is 0 Å². The van der Waals surface area contributed by atoms with Crippen LogP contribution in [0.5, 0.6) is 0 Å². The van der Waals surface area contributed by atoms with Crippen molar-refractivity contribution in [2.24, 2.45) is 0 Å². The molecule has 4 heteroatoms. The topological polar surface area (TPSA) is 38.1 Å². The first-order valence-corrected chi connectivity index (χ1v) is 8.00. The van der Waals surface area contributed by atoms with Gasteiger partial charge in [-0.3, -0.25) is 14.4 Å². The van der Waals surface area contributed by atoms with Gasteiger partial charge in [-0.05, 0) is 32.4 Å². The second kappa shape index (κ2) is 6.53. The molecule has 2 rings (SSSR count). The molecule has 20 heavy (non-hydrogen) atoms. The molecule has 0 radical (unpaired) electrons. The van der Waals surface area contributed by atoms with E-state index < -0.39 is 0 Å². The average Bonchev–Trinajstić information content (AvgIpc) is 3.10. The van der Waals surface area contributed by atoms with Gasteiger partial charge in [0.25, 0.3) is 0 Å². The van der Waals surface area contributed by atoms with Gasteiger partial charge in [0.15, 0.2) is 5.78 Å². The summed E-state index contributed by atoms with van der Waals surface area (Å²) in [6.07, 6.45) is 9.02. The molecule has 0 N–H and O–H groups in total. The summed E-state index contributed by atoms with van der Waals surface area (Å²) in [4.78, 5) is 15.4. The zero-order chi connectivity index (χ0) is 14.6. The van der Waals surface area contributed by atoms with Crippen molar-refractivity contribution in [2.45, 2.75) is 65.0 Å². The highest BCUT2D eigenvalue weighted by molar-refractivity contribution is 6.03. The van der Waals surface area contributed by atoms with E-state index >= 15 is 0 Å². The molecule has 0 amide bonds. The van der Waals surface area contributed by atoms with E-state index in [2.05, 4.69) is 30.8 Å². The molecule has 1 aromatic heterocycles. The maximum absolute atomic E-state index is 13.1. The summed E-state index contributed by atoms with van der Waals surface area (Å²) in [5, 5.41) is 4.32. The van der Waals surface area contributed by atoms with Crippen molar-refractivity contribution in [1.82, 2.24) is 14.7 Å². The van der Waals surface area contributed by atoms with Gasteiger partial charge in [0, 0.05) is 12.7 Å². The maximum Gasteiger partial charge on any atom is 0.186 e. The van der Waals surface area contributed by atoms with Crippen LogP contribution in [0, 0.1) is 0 Å². The quantitative estimate of drug-likeness (QED) is 0.719. The number of rotatable bonds is 7. The molecular formula is C16H27N3O. The number of likely N-dealkylation sites (N-methyl/N-ethyl adjacent to an activating group) is 1. The smallest absolute Gasteiger partial charge is 0.186 e. The molecule has 0 spiro atoms. The van der Waals surface area contributed by atoms with E-state index in [4.69, 9.17) is 0 Å². The first kappa shape index (κ1) is 15.2. The number of carbonyl (C=O) groups is 1. The summed E-state index contributed by atoms with van der Waals surface area (Å²) in [6, 6.07) is 0. The highest BCUT2D eigenvalue weighted by Crippen LogP contribution is 2.37. The van der Waals surface area contributed by atoms with E-state index in [1.807, 2.05) is 10.9 Å². The number of hydrogen-bond donors (Lipinski definition) is 0. The first-order chi connectivity index (χ1) is 9.67. The fourth-order valence-electron chi connectivity index (χ4n) is 3.58. The number of aryl methyl sites for hydroxylation is 1. The van der Waals surface area contributed by atoms with Gasteiger partial charge in [0.05, 0.1) is 17.3 Å². The van der Waals surface area contributed by atoms with E-state index in [0.29, 0.717) is 0 Å². The second-order valence-electron chi connectivity index (χ2n) is 5.73. The fraction of sp³-hybridized carbons (Fsp3) is 0.750. The minimum Gasteiger partial charge on any atom is -0.292 e. The molecule has 0 bridgehead atoms. The Bertz CT molecular complexity index is 442. The van der Waals surface area contributed by atoms with Crippen LogP contribution in [-0.4, -0.2) is 39.1 Å². The van der Waals surface area contributed by atoms with Gasteiger partial charge in [-0.1, -0.05) is 33.6 Å². The Morgan fingerprint density at radius 1 is 1.30 bits per heavy atom. The lowest BCUT2D eigenvalue weighted by atomic mass is 9.86. The Labute approximate surface area is 122 Å². The molecule has 1 saturated carbocycles. The number of nitrogens with zero attached hydrogens (tertiary/aromatic N) is 3. The average molecular weight is 277 g/mol. The molecule has 4 nitrogen and oxygen atoms in total. The lowest BCUT2D eigenvalue weighted by Gasteiger charge is -2.38. The van der Waals surface area contributed by atoms with Gasteiger partial charge in [-0.2, -0.15) is 5.10 Å². The Balaban J connectivity index is 2.26. The molecule has 112 valence electrons. The van der Waals surface area contributed by atoms with E-state index in [0.717, 1.165) is 57.3 Å². The molecule has 1 aliphatic carbocycles. The Hall–Kier alpha value is -1.16. The largest absolute Gasteiger partial charge is 0.292 e. The molecular weight excluding hydrogens is 250 g/mol. The van der Waals surface area contributed by atoms with Crippen molar-refractivity contribution in [3.8, 4) is 0 Å². The Morgan fingerprint density at radius 2 is 1.95 bits per heavy atom. The van der Waals surface area contributed by atoms with E-state index in [1.54, 1.807) is 6.20 Å². The highest BCUT2D eigenvalue weighted by atomic mass is 16.1. The van der Waals surface area contributed by atoms with Crippen LogP contribution in [0.3, 0.4) is 0 Å². The van der Waals surface area contributed by atoms with Gasteiger partial charge in [0.1, 0.15) is 0 Å². The van der Waals surface area contributed by atoms with Gasteiger partial charge in [0.2, 0.25) is 0 Å². The molecule has 1 fully saturated rings. The van der Waals surface area contributed by atoms with Gasteiger partial charge < -0.3 is 0 Å². The molecule has 0 saturated heterocycles. The third-order valence-electron chi connectivity index (χ3n) is 4.57. The second-order valence-corrected chi connectivity index (χ2v) is 5.73. The minimum atomic E-state index is -0.274. The third kappa shape index (κ3) is 2.66. The van der Waals surface area contributed by atoms with Crippen molar-refractivity contribution in [3.05, 3.63) is 18.0 Å². The summed E-state index contributed by atoms with van der Waals surface area (Å²) in [5.41, 5.74) is 0.510. The summed E-state index contributed by atoms with van der Waals surface area (Å²) < 4.78 is 1.89. The number of hydrogen-bond acceptors (Lipinski definition) is 3. The molecule has 1 heterocycles. The number of aromatic nitrogens is 2. The van der Waals surface area contributed by atoms with Crippen LogP contribution in [0.4, 0.5) is 0 Å². The maximum atomic E-state index is 13.1. The number of ketones is 1. The monoisotopic (exact) mass is 277 g/mol. The van der Waals surface area contributed by atoms with Gasteiger partial charge >= 0.3 is 0 Å². The third-order valence-corrected chi connectivity index (χ3v) is 4.57. The van der Waals surface area contributed by atoms with Crippen molar-refractivity contribution in [2.75, 3.05) is 13.1 Å². The molecule has 0 atom stereocenters. The molecule has 0 aromatic carbocycles. The lowest BCUT2D eigenvalue weighted by Crippen LogP contribution is -2.52. The molecule has 0 unspecified atom stereocenters. The fourth-order valence-corrected chi connectivity index (χ4v) is 3.58. The summed E-state index contributed by atoms with van der Waals surface area (Å²) in [6.45, 7) is 9.18. The van der Waals surface area contributed by atoms with Crippen LogP contribution >= 0.6 is 0 Å². The van der Waals surface area contributed by atoms with Gasteiger partial charge in [-0.25, -0.2) is 0 Å². The van der Waals surface area contributed by atoms with Crippen LogP contribution in [0.25, 0.3) is 0 Å². The highest BCUT2D eigenvalue weighted by Gasteiger charge is 2.45. The van der Waals surface area contributed by atoms with Crippen molar-refractivity contribution >= 4 is 5.78 Å². The minimum absolute atomic E-state index is 0.274. The van der Waals surface area contributed by atoms with E-state index in [-0.39, 0.29) is 11.3 Å². The van der Waals surface area contributed by atoms with Crippen LogP contribution < -0.4 is 0 Å². The van der Waals surface area contributed by atoms with Crippen molar-refractivity contribution in [1.29, 1.82) is 0 Å². The SMILES string of the molecule is CCCn1cc(C(=O)C2(N(CC)CC)CCCC2)cn1. The zero-order valence-electron chi connectivity index (χ0n) is 13.1. The van der Waals surface area contributed by atoms with Crippen LogP contribution in [-0.2, 0) is 6.54 Å². The first-order valence-electron chi connectivity index (χ1n) is 8.00. The molecule has 0 aliphatic heterocycles. The predicted octanol–water partition coefficient (Wildman–Crippen LogP) is 3.13. The Morgan fingerprint density at radius 3 is 2.50 bits per heavy atom. The van der Waals surface area contributed by atoms with E-state index in [9.17, 15) is 4.79 Å². The Kier molecular flexibility index (Phi) is 4.97. The summed E-state index contributed by atoms with van der Waals surface area (Å²) in [7, 11) is 0. The van der Waals surface area contributed by atoms with Crippen molar-refractivity contribution in [3.63, 3.8) is 0 Å². The van der Waals surface area contributed by atoms with Crippen LogP contribution in [0.2, 0.25) is 0 Å². The molecule has 1 aliphatic rings. The summed E-state index contributed by atoms with van der Waals surface area (Å²) >= 11 is 0. The normalized spacial score (nSPS) is 17.8. The van der Waals surface area contributed by atoms with Crippen LogP contribution in [0.15, 0.2) is 12.4 Å². The lowest BCUT2D eigenvalue weighted by molar-refractivity contribution is 0.0584. The molecule has 1 aromatic rings. The number of Topliss-reactive ketones (excluding diaryl/α,β-unsaturated/α-hetero) is 1. The number of carbonyl (C=O) groups excluding carboxylic acids is 1. The van der Waals surface area contributed by atoms with Crippen LogP contribution in [0.1, 0.15) is 63.2 Å². The standard InChI is InChI=1S/C16H27N3O/c1-4-11-19-13-14(12-17-19)15(20)16(9-7-8-10-16)18(5-2)6-3/h12-13H,4-11H2,1-3H3. The zero-order valence-corrected chi connectivity index (χ0v) is 13.1.